The Labute approximate surface area is 187 Å². The molecule has 172 valence electrons. The molecule has 11 heteroatoms. The van der Waals surface area contributed by atoms with Gasteiger partial charge in [0.1, 0.15) is 18.0 Å². The highest BCUT2D eigenvalue weighted by atomic mass is 16.5. The van der Waals surface area contributed by atoms with E-state index in [9.17, 15) is 24.3 Å². The zero-order valence-electron chi connectivity index (χ0n) is 17.8. The number of amides is 1. The number of aliphatic carboxylic acids is 1. The SMILES string of the molecule is COc1cc(OC)cc(-n2c(=O)c(C(=O)NCC(=O)O)c(O)n(Cc3ccccc3)c2=O)c1. The monoisotopic (exact) mass is 455 g/mol. The van der Waals surface area contributed by atoms with E-state index < -0.39 is 41.1 Å². The molecule has 0 fully saturated rings. The first-order valence-electron chi connectivity index (χ1n) is 9.63. The largest absolute Gasteiger partial charge is 0.497 e. The number of carbonyl (C=O) groups excluding carboxylic acids is 1. The van der Waals surface area contributed by atoms with Crippen LogP contribution in [0.3, 0.4) is 0 Å². The molecule has 0 aliphatic heterocycles. The van der Waals surface area contributed by atoms with Crippen LogP contribution in [-0.4, -0.2) is 52.0 Å². The molecule has 11 nitrogen and oxygen atoms in total. The summed E-state index contributed by atoms with van der Waals surface area (Å²) in [5.74, 6) is -2.84. The van der Waals surface area contributed by atoms with Crippen molar-refractivity contribution in [2.45, 2.75) is 6.54 Å². The molecule has 0 atom stereocenters. The lowest BCUT2D eigenvalue weighted by Crippen LogP contribution is -2.44. The molecule has 1 heterocycles. The average molecular weight is 455 g/mol. The lowest BCUT2D eigenvalue weighted by Gasteiger charge is -2.16. The van der Waals surface area contributed by atoms with Crippen molar-refractivity contribution in [3.8, 4) is 23.1 Å². The Kier molecular flexibility index (Phi) is 6.82. The number of methoxy groups -OCH3 is 2. The van der Waals surface area contributed by atoms with Gasteiger partial charge in [0.15, 0.2) is 5.56 Å². The predicted octanol–water partition coefficient (Wildman–Crippen LogP) is 0.585. The highest BCUT2D eigenvalue weighted by Crippen LogP contribution is 2.24. The summed E-state index contributed by atoms with van der Waals surface area (Å²) in [6.45, 7) is -0.950. The topological polar surface area (TPSA) is 149 Å². The summed E-state index contributed by atoms with van der Waals surface area (Å²) in [5, 5.41) is 21.6. The van der Waals surface area contributed by atoms with Crippen molar-refractivity contribution in [3.63, 3.8) is 0 Å². The van der Waals surface area contributed by atoms with Crippen molar-refractivity contribution in [1.82, 2.24) is 14.5 Å². The van der Waals surface area contributed by atoms with Crippen LogP contribution in [0.2, 0.25) is 0 Å². The molecule has 1 aromatic heterocycles. The van der Waals surface area contributed by atoms with Gasteiger partial charge in [0.25, 0.3) is 11.5 Å². The third-order valence-electron chi connectivity index (χ3n) is 4.72. The molecule has 3 rings (SSSR count). The van der Waals surface area contributed by atoms with E-state index in [-0.39, 0.29) is 23.7 Å². The average Bonchev–Trinajstić information content (AvgIpc) is 2.80. The van der Waals surface area contributed by atoms with Crippen molar-refractivity contribution < 1.29 is 29.3 Å². The minimum atomic E-state index is -1.35. The van der Waals surface area contributed by atoms with E-state index in [0.717, 1.165) is 4.57 Å². The van der Waals surface area contributed by atoms with Gasteiger partial charge in [-0.15, -0.1) is 0 Å². The van der Waals surface area contributed by atoms with Crippen molar-refractivity contribution >= 4 is 11.9 Å². The van der Waals surface area contributed by atoms with E-state index in [0.29, 0.717) is 10.1 Å². The Morgan fingerprint density at radius 3 is 2.15 bits per heavy atom. The van der Waals surface area contributed by atoms with Gasteiger partial charge >= 0.3 is 11.7 Å². The summed E-state index contributed by atoms with van der Waals surface area (Å²) in [5.41, 5.74) is -2.21. The maximum Gasteiger partial charge on any atom is 0.338 e. The molecule has 0 radical (unpaired) electrons. The number of nitrogens with zero attached hydrogens (tertiary/aromatic N) is 2. The van der Waals surface area contributed by atoms with Gasteiger partial charge in [0.2, 0.25) is 5.88 Å². The van der Waals surface area contributed by atoms with Crippen LogP contribution >= 0.6 is 0 Å². The van der Waals surface area contributed by atoms with E-state index in [1.165, 1.54) is 32.4 Å². The van der Waals surface area contributed by atoms with Gasteiger partial charge in [-0.05, 0) is 5.56 Å². The first kappa shape index (κ1) is 23.1. The summed E-state index contributed by atoms with van der Waals surface area (Å²) in [7, 11) is 2.77. The van der Waals surface area contributed by atoms with Crippen LogP contribution in [0.4, 0.5) is 0 Å². The number of carboxylic acid groups (broad SMARTS) is 1. The number of hydrogen-bond donors (Lipinski definition) is 3. The molecule has 0 unspecified atom stereocenters. The first-order valence-corrected chi connectivity index (χ1v) is 9.63. The maximum atomic E-state index is 13.3. The molecule has 0 saturated carbocycles. The molecule has 1 amide bonds. The number of nitrogens with one attached hydrogen (secondary N) is 1. The van der Waals surface area contributed by atoms with E-state index >= 15 is 0 Å². The van der Waals surface area contributed by atoms with Crippen molar-refractivity contribution in [1.29, 1.82) is 0 Å². The Balaban J connectivity index is 2.30. The van der Waals surface area contributed by atoms with Crippen molar-refractivity contribution in [3.05, 3.63) is 80.5 Å². The fourth-order valence-electron chi connectivity index (χ4n) is 3.14. The zero-order chi connectivity index (χ0) is 24.1. The van der Waals surface area contributed by atoms with Gasteiger partial charge in [0.05, 0.1) is 26.5 Å². The molecular weight excluding hydrogens is 434 g/mol. The maximum absolute atomic E-state index is 13.3. The summed E-state index contributed by atoms with van der Waals surface area (Å²) in [4.78, 5) is 50.0. The highest BCUT2D eigenvalue weighted by molar-refractivity contribution is 5.97. The van der Waals surface area contributed by atoms with Crippen LogP contribution < -0.4 is 26.0 Å². The van der Waals surface area contributed by atoms with Gasteiger partial charge in [0, 0.05) is 18.2 Å². The van der Waals surface area contributed by atoms with Gasteiger partial charge < -0.3 is 25.0 Å². The van der Waals surface area contributed by atoms with E-state index in [1.807, 2.05) is 5.32 Å². The molecule has 3 aromatic rings. The molecular formula is C22H21N3O8. The number of rotatable bonds is 8. The summed E-state index contributed by atoms with van der Waals surface area (Å²) in [6, 6.07) is 12.9. The number of aromatic hydroxyl groups is 1. The number of carboxylic acids is 1. The number of ether oxygens (including phenoxy) is 2. The van der Waals surface area contributed by atoms with Gasteiger partial charge in [-0.2, -0.15) is 0 Å². The van der Waals surface area contributed by atoms with Crippen molar-refractivity contribution in [2.24, 2.45) is 0 Å². The fourth-order valence-corrected chi connectivity index (χ4v) is 3.14. The first-order chi connectivity index (χ1) is 15.8. The van der Waals surface area contributed by atoms with Gasteiger partial charge in [-0.25, -0.2) is 9.36 Å². The third kappa shape index (κ3) is 4.87. The van der Waals surface area contributed by atoms with Gasteiger partial charge in [-0.3, -0.25) is 19.0 Å². The lowest BCUT2D eigenvalue weighted by molar-refractivity contribution is -0.135. The quantitative estimate of drug-likeness (QED) is 0.447. The number of hydrogen-bond acceptors (Lipinski definition) is 7. The Hall–Kier alpha value is -4.54. The Bertz CT molecular complexity index is 1290. The van der Waals surface area contributed by atoms with Crippen LogP contribution in [0.1, 0.15) is 15.9 Å². The molecule has 0 saturated heterocycles. The minimum absolute atomic E-state index is 0.0234. The zero-order valence-corrected chi connectivity index (χ0v) is 17.8. The molecule has 33 heavy (non-hydrogen) atoms. The summed E-state index contributed by atoms with van der Waals surface area (Å²) < 4.78 is 11.9. The number of carbonyl (C=O) groups is 2. The van der Waals surface area contributed by atoms with Gasteiger partial charge in [-0.1, -0.05) is 30.3 Å². The van der Waals surface area contributed by atoms with Crippen molar-refractivity contribution in [2.75, 3.05) is 20.8 Å². The predicted molar refractivity (Wildman–Crippen MR) is 117 cm³/mol. The smallest absolute Gasteiger partial charge is 0.338 e. The second-order valence-corrected chi connectivity index (χ2v) is 6.84. The van der Waals surface area contributed by atoms with Crippen LogP contribution in [0, 0.1) is 0 Å². The minimum Gasteiger partial charge on any atom is -0.497 e. The highest BCUT2D eigenvalue weighted by Gasteiger charge is 2.26. The molecule has 0 aliphatic carbocycles. The number of aromatic nitrogens is 2. The fraction of sp³-hybridized carbons (Fsp3) is 0.182. The second-order valence-electron chi connectivity index (χ2n) is 6.84. The van der Waals surface area contributed by atoms with E-state index in [4.69, 9.17) is 14.6 Å². The Morgan fingerprint density at radius 1 is 1.00 bits per heavy atom. The summed E-state index contributed by atoms with van der Waals surface area (Å²) in [6.07, 6.45) is 0. The molecule has 3 N–H and O–H groups in total. The third-order valence-corrected chi connectivity index (χ3v) is 4.72. The lowest BCUT2D eigenvalue weighted by atomic mass is 10.2. The Morgan fingerprint density at radius 2 is 1.61 bits per heavy atom. The van der Waals surface area contributed by atoms with E-state index in [1.54, 1.807) is 30.3 Å². The molecule has 0 bridgehead atoms. The standard InChI is InChI=1S/C22H21N3O8/c1-32-15-8-14(9-16(10-15)33-2)25-21(30)18(19(28)23-11-17(26)27)20(29)24(22(25)31)12-13-6-4-3-5-7-13/h3-10,29H,11-12H2,1-2H3,(H,23,28)(H,26,27). The second kappa shape index (κ2) is 9.73. The van der Waals surface area contributed by atoms with Crippen LogP contribution in [0.5, 0.6) is 17.4 Å². The number of benzene rings is 2. The van der Waals surface area contributed by atoms with Crippen LogP contribution in [0.25, 0.3) is 5.69 Å². The molecule has 0 spiro atoms. The molecule has 2 aromatic carbocycles. The van der Waals surface area contributed by atoms with Crippen LogP contribution in [-0.2, 0) is 11.3 Å². The molecule has 0 aliphatic rings. The van der Waals surface area contributed by atoms with Crippen LogP contribution in [0.15, 0.2) is 58.1 Å². The summed E-state index contributed by atoms with van der Waals surface area (Å²) >= 11 is 0. The van der Waals surface area contributed by atoms with E-state index in [2.05, 4.69) is 0 Å². The normalized spacial score (nSPS) is 10.5.